The Balaban J connectivity index is 2.34. The second-order valence-electron chi connectivity index (χ2n) is 5.23. The third-order valence-electron chi connectivity index (χ3n) is 3.69. The molecule has 0 unspecified atom stereocenters. The van der Waals surface area contributed by atoms with E-state index in [4.69, 9.17) is 5.73 Å². The number of rotatable bonds is 2. The molecule has 0 saturated heterocycles. The molecule has 2 aromatic rings. The molecule has 1 aromatic carbocycles. The van der Waals surface area contributed by atoms with E-state index in [1.165, 1.54) is 0 Å². The number of aromatic nitrogens is 1. The Kier molecular flexibility index (Phi) is 3.56. The Bertz CT molecular complexity index is 1060. The number of benzene rings is 1. The fourth-order valence-electron chi connectivity index (χ4n) is 2.56. The summed E-state index contributed by atoms with van der Waals surface area (Å²) >= 11 is 0. The normalized spacial score (nSPS) is 13.5. The van der Waals surface area contributed by atoms with Crippen molar-refractivity contribution in [2.75, 3.05) is 5.73 Å². The van der Waals surface area contributed by atoms with Crippen LogP contribution in [-0.2, 0) is 6.18 Å². The van der Waals surface area contributed by atoms with Gasteiger partial charge in [0.05, 0.1) is 21.6 Å². The van der Waals surface area contributed by atoms with Gasteiger partial charge in [-0.05, 0) is 12.1 Å². The maximum absolute atomic E-state index is 12.8. The number of nitro groups is 1. The summed E-state index contributed by atoms with van der Waals surface area (Å²) in [5.74, 6) is -2.40. The summed E-state index contributed by atoms with van der Waals surface area (Å²) in [6.07, 6.45) is -4.84. The number of imide groups is 1. The number of nitrogens with zero attached hydrogens (tertiary/aromatic N) is 2. The lowest BCUT2D eigenvalue weighted by atomic mass is 10.1. The number of carbonyl (C=O) groups is 2. The lowest BCUT2D eigenvalue weighted by molar-refractivity contribution is -0.384. The van der Waals surface area contributed by atoms with Crippen molar-refractivity contribution in [3.8, 4) is 5.69 Å². The lowest BCUT2D eigenvalue weighted by Gasteiger charge is -2.13. The monoisotopic (exact) mass is 368 g/mol. The first-order valence-corrected chi connectivity index (χ1v) is 6.79. The number of fused-ring (bicyclic) bond motifs is 1. The van der Waals surface area contributed by atoms with Crippen molar-refractivity contribution in [2.24, 2.45) is 0 Å². The van der Waals surface area contributed by atoms with Crippen molar-refractivity contribution in [1.82, 2.24) is 9.88 Å². The van der Waals surface area contributed by atoms with Crippen LogP contribution in [0, 0.1) is 10.1 Å². The van der Waals surface area contributed by atoms with Crippen LogP contribution < -0.4 is 16.6 Å². The van der Waals surface area contributed by atoms with E-state index < -0.39 is 51.2 Å². The number of nitro benzene ring substituents is 1. The van der Waals surface area contributed by atoms with E-state index in [-0.39, 0.29) is 17.2 Å². The van der Waals surface area contributed by atoms with Crippen molar-refractivity contribution in [3.63, 3.8) is 0 Å². The molecule has 3 N–H and O–H groups in total. The molecular formula is C14H7F3N4O5. The first kappa shape index (κ1) is 17.1. The van der Waals surface area contributed by atoms with Gasteiger partial charge < -0.3 is 5.73 Å². The van der Waals surface area contributed by atoms with Crippen molar-refractivity contribution in [3.05, 3.63) is 61.4 Å². The standard InChI is InChI=1S/C14H7F3N4O5/c15-14(16,17)5-1-2-7(8(3-5)21(25)26)20-9(22)4-6-10(11(20)18)13(24)19-12(6)23/h1-4H,18H2,(H,19,23,24). The lowest BCUT2D eigenvalue weighted by Crippen LogP contribution is -2.25. The van der Waals surface area contributed by atoms with Crippen LogP contribution in [0.25, 0.3) is 5.69 Å². The highest BCUT2D eigenvalue weighted by atomic mass is 19.4. The zero-order chi connectivity index (χ0) is 19.4. The maximum Gasteiger partial charge on any atom is 0.416 e. The Hall–Kier alpha value is -3.70. The molecule has 0 fully saturated rings. The van der Waals surface area contributed by atoms with E-state index in [0.717, 1.165) is 6.07 Å². The van der Waals surface area contributed by atoms with E-state index >= 15 is 0 Å². The molecule has 0 bridgehead atoms. The first-order chi connectivity index (χ1) is 12.0. The van der Waals surface area contributed by atoms with Gasteiger partial charge in [-0.1, -0.05) is 0 Å². The molecule has 0 spiro atoms. The third-order valence-corrected chi connectivity index (χ3v) is 3.69. The number of carbonyl (C=O) groups excluding carboxylic acids is 2. The third kappa shape index (κ3) is 2.47. The van der Waals surface area contributed by atoms with Gasteiger partial charge in [-0.2, -0.15) is 13.2 Å². The van der Waals surface area contributed by atoms with Crippen LogP contribution in [0.2, 0.25) is 0 Å². The number of pyridine rings is 1. The van der Waals surface area contributed by atoms with Crippen molar-refractivity contribution in [2.45, 2.75) is 6.18 Å². The number of nitrogens with one attached hydrogen (secondary N) is 1. The van der Waals surface area contributed by atoms with Crippen LogP contribution in [0.1, 0.15) is 26.3 Å². The van der Waals surface area contributed by atoms with Crippen LogP contribution in [0.3, 0.4) is 0 Å². The van der Waals surface area contributed by atoms with Gasteiger partial charge in [-0.15, -0.1) is 0 Å². The fraction of sp³-hybridized carbons (Fsp3) is 0.0714. The summed E-state index contributed by atoms with van der Waals surface area (Å²) in [7, 11) is 0. The van der Waals surface area contributed by atoms with Crippen LogP contribution in [0.4, 0.5) is 24.7 Å². The summed E-state index contributed by atoms with van der Waals surface area (Å²) in [5.41, 5.74) is 1.09. The van der Waals surface area contributed by atoms with Crippen molar-refractivity contribution < 1.29 is 27.7 Å². The second kappa shape index (κ2) is 5.40. The Morgan fingerprint density at radius 3 is 2.35 bits per heavy atom. The predicted octanol–water partition coefficient (Wildman–Crippen LogP) is 1.23. The SMILES string of the molecule is Nc1c2c(cc(=O)n1-c1ccc(C(F)(F)F)cc1[N+](=O)[O-])C(=O)NC2=O. The molecular weight excluding hydrogens is 361 g/mol. The average Bonchev–Trinajstić information content (AvgIpc) is 2.80. The Labute approximate surface area is 141 Å². The molecule has 134 valence electrons. The number of amides is 2. The number of nitrogen functional groups attached to an aromatic ring is 1. The van der Waals surface area contributed by atoms with Crippen LogP contribution >= 0.6 is 0 Å². The van der Waals surface area contributed by atoms with Gasteiger partial charge in [0.25, 0.3) is 23.1 Å². The van der Waals surface area contributed by atoms with E-state index in [1.807, 2.05) is 5.32 Å². The van der Waals surface area contributed by atoms with Gasteiger partial charge >= 0.3 is 6.18 Å². The molecule has 0 radical (unpaired) electrons. The highest BCUT2D eigenvalue weighted by molar-refractivity contribution is 6.23. The molecule has 12 heteroatoms. The maximum atomic E-state index is 12.8. The van der Waals surface area contributed by atoms with Gasteiger partial charge in [0, 0.05) is 12.1 Å². The largest absolute Gasteiger partial charge is 0.416 e. The molecule has 26 heavy (non-hydrogen) atoms. The summed E-state index contributed by atoms with van der Waals surface area (Å²) in [5, 5.41) is 13.1. The van der Waals surface area contributed by atoms with Crippen molar-refractivity contribution in [1.29, 1.82) is 0 Å². The average molecular weight is 368 g/mol. The number of hydrogen-bond donors (Lipinski definition) is 2. The fourth-order valence-corrected chi connectivity index (χ4v) is 2.56. The van der Waals surface area contributed by atoms with Crippen LogP contribution in [0.15, 0.2) is 29.1 Å². The first-order valence-electron chi connectivity index (χ1n) is 6.79. The van der Waals surface area contributed by atoms with Gasteiger partial charge in [-0.3, -0.25) is 34.4 Å². The molecule has 2 amide bonds. The number of nitrogens with two attached hydrogens (primary N) is 1. The van der Waals surface area contributed by atoms with Crippen molar-refractivity contribution >= 4 is 23.3 Å². The van der Waals surface area contributed by atoms with E-state index in [2.05, 4.69) is 0 Å². The summed E-state index contributed by atoms with van der Waals surface area (Å²) < 4.78 is 38.9. The molecule has 3 rings (SSSR count). The highest BCUT2D eigenvalue weighted by Crippen LogP contribution is 2.35. The molecule has 1 aromatic heterocycles. The summed E-state index contributed by atoms with van der Waals surface area (Å²) in [6.45, 7) is 0. The van der Waals surface area contributed by atoms with Gasteiger partial charge in [-0.25, -0.2) is 0 Å². The van der Waals surface area contributed by atoms with E-state index in [9.17, 15) is 37.7 Å². The summed E-state index contributed by atoms with van der Waals surface area (Å²) in [6, 6.07) is 2.21. The Morgan fingerprint density at radius 2 is 1.77 bits per heavy atom. The molecule has 0 saturated carbocycles. The smallest absolute Gasteiger partial charge is 0.384 e. The molecule has 1 aliphatic rings. The number of anilines is 1. The minimum atomic E-state index is -4.84. The van der Waals surface area contributed by atoms with Gasteiger partial charge in [0.2, 0.25) is 0 Å². The minimum absolute atomic E-state index is 0.250. The molecule has 0 aliphatic carbocycles. The quantitative estimate of drug-likeness (QED) is 0.465. The predicted molar refractivity (Wildman–Crippen MR) is 79.9 cm³/mol. The van der Waals surface area contributed by atoms with Crippen LogP contribution in [-0.4, -0.2) is 21.3 Å². The minimum Gasteiger partial charge on any atom is -0.384 e. The molecule has 1 aliphatic heterocycles. The number of halogens is 3. The zero-order valence-corrected chi connectivity index (χ0v) is 12.5. The molecule has 2 heterocycles. The van der Waals surface area contributed by atoms with E-state index in [0.29, 0.717) is 16.7 Å². The van der Waals surface area contributed by atoms with E-state index in [1.54, 1.807) is 0 Å². The number of hydrogen-bond acceptors (Lipinski definition) is 6. The highest BCUT2D eigenvalue weighted by Gasteiger charge is 2.35. The topological polar surface area (TPSA) is 137 Å². The van der Waals surface area contributed by atoms with Gasteiger partial charge in [0.15, 0.2) is 0 Å². The molecule has 9 nitrogen and oxygen atoms in total. The van der Waals surface area contributed by atoms with Crippen LogP contribution in [0.5, 0.6) is 0 Å². The summed E-state index contributed by atoms with van der Waals surface area (Å²) in [4.78, 5) is 45.7. The Morgan fingerprint density at radius 1 is 1.12 bits per heavy atom. The second-order valence-corrected chi connectivity index (χ2v) is 5.23. The molecule has 0 atom stereocenters. The van der Waals surface area contributed by atoms with Gasteiger partial charge in [0.1, 0.15) is 11.5 Å². The number of alkyl halides is 3. The zero-order valence-electron chi connectivity index (χ0n) is 12.5.